The van der Waals surface area contributed by atoms with Crippen molar-refractivity contribution >= 4 is 55.1 Å². The van der Waals surface area contributed by atoms with E-state index in [2.05, 4.69) is 52.5 Å². The fourth-order valence-corrected chi connectivity index (χ4v) is 4.06. The van der Waals surface area contributed by atoms with Gasteiger partial charge >= 0.3 is 0 Å². The van der Waals surface area contributed by atoms with Crippen LogP contribution in [0.2, 0.25) is 0 Å². The number of halogens is 2. The van der Waals surface area contributed by atoms with Gasteiger partial charge in [-0.2, -0.15) is 10.5 Å². The minimum Gasteiger partial charge on any atom is -0.489 e. The molecule has 2 heterocycles. The third kappa shape index (κ3) is 4.55. The number of hydrogen-bond donors (Lipinski definition) is 4. The molecule has 1 atom stereocenters. The van der Waals surface area contributed by atoms with Crippen LogP contribution in [0.25, 0.3) is 0 Å². The normalized spacial score (nSPS) is 14.2. The minimum absolute atomic E-state index is 0.0147. The first-order valence-corrected chi connectivity index (χ1v) is 11.2. The molecule has 0 saturated carbocycles. The lowest BCUT2D eigenvalue weighted by Gasteiger charge is -2.27. The molecule has 1 aliphatic rings. The lowest BCUT2D eigenvalue weighted by molar-refractivity contribution is 0.302. The molecule has 0 amide bonds. The van der Waals surface area contributed by atoms with Crippen molar-refractivity contribution in [3.63, 3.8) is 0 Å². The maximum Gasteiger partial charge on any atom is 0.211 e. The van der Waals surface area contributed by atoms with E-state index >= 15 is 0 Å². The molecule has 11 heteroatoms. The zero-order valence-electron chi connectivity index (χ0n) is 16.9. The summed E-state index contributed by atoms with van der Waals surface area (Å²) in [6.45, 7) is 0.325. The molecule has 0 saturated heterocycles. The van der Waals surface area contributed by atoms with E-state index in [1.54, 1.807) is 0 Å². The number of pyridine rings is 1. The molecule has 0 radical (unpaired) electrons. The monoisotopic (exact) mass is 566 g/mol. The minimum atomic E-state index is -0.713. The Balaban J connectivity index is 1.82. The van der Waals surface area contributed by atoms with E-state index in [0.29, 0.717) is 29.3 Å². The zero-order chi connectivity index (χ0) is 23.5. The Kier molecular flexibility index (Phi) is 6.36. The molecular formula is C22H16Br2N8O. The molecule has 33 heavy (non-hydrogen) atoms. The predicted octanol–water partition coefficient (Wildman–Crippen LogP) is 4.16. The summed E-state index contributed by atoms with van der Waals surface area (Å²) >= 11 is 6.92. The summed E-state index contributed by atoms with van der Waals surface area (Å²) in [5.74, 6) is 1.03. The number of nitriles is 2. The van der Waals surface area contributed by atoms with Crippen LogP contribution in [-0.4, -0.2) is 10.9 Å². The second kappa shape index (κ2) is 9.36. The first kappa shape index (κ1) is 22.4. The van der Waals surface area contributed by atoms with Crippen LogP contribution in [0.5, 0.6) is 5.75 Å². The van der Waals surface area contributed by atoms with Crippen LogP contribution >= 0.6 is 31.9 Å². The molecule has 1 aliphatic heterocycles. The van der Waals surface area contributed by atoms with Crippen LogP contribution in [-0.2, 0) is 6.61 Å². The van der Waals surface area contributed by atoms with Gasteiger partial charge < -0.3 is 21.5 Å². The van der Waals surface area contributed by atoms with Crippen molar-refractivity contribution in [1.29, 1.82) is 10.5 Å². The Morgan fingerprint density at radius 2 is 1.82 bits per heavy atom. The number of guanidine groups is 1. The van der Waals surface area contributed by atoms with Gasteiger partial charge in [0.05, 0.1) is 5.69 Å². The maximum atomic E-state index is 9.53. The third-order valence-corrected chi connectivity index (χ3v) is 5.95. The molecule has 1 unspecified atom stereocenters. The molecule has 164 valence electrons. The second-order valence-corrected chi connectivity index (χ2v) is 8.83. The predicted molar refractivity (Wildman–Crippen MR) is 132 cm³/mol. The molecular weight excluding hydrogens is 552 g/mol. The van der Waals surface area contributed by atoms with Crippen molar-refractivity contribution in [1.82, 2.24) is 10.3 Å². The lowest BCUT2D eigenvalue weighted by atomic mass is 9.94. The number of aromatic nitrogens is 1. The van der Waals surface area contributed by atoms with Crippen molar-refractivity contribution in [3.8, 4) is 18.0 Å². The zero-order valence-corrected chi connectivity index (χ0v) is 20.1. The molecule has 4 rings (SSSR count). The maximum absolute atomic E-state index is 9.53. The standard InChI is InChI=1S/C22H16Br2N8O/c23-12-3-1-11(2-4-12)9-33-16-6-5-13(24)7-14(16)19-17-18(27)15(8-25)20(28)31-21(17)32-22(30-19)29-10-26/h1-7,19H,9H2,(H6,27,28,29,30,31,32). The van der Waals surface area contributed by atoms with E-state index < -0.39 is 6.04 Å². The summed E-state index contributed by atoms with van der Waals surface area (Å²) in [7, 11) is 0. The number of fused-ring (bicyclic) bond motifs is 1. The van der Waals surface area contributed by atoms with Gasteiger partial charge in [0, 0.05) is 20.1 Å². The second-order valence-electron chi connectivity index (χ2n) is 7.00. The van der Waals surface area contributed by atoms with Crippen molar-refractivity contribution in [3.05, 3.63) is 73.7 Å². The van der Waals surface area contributed by atoms with Crippen LogP contribution in [0.4, 0.5) is 17.3 Å². The Morgan fingerprint density at radius 3 is 2.52 bits per heavy atom. The summed E-state index contributed by atoms with van der Waals surface area (Å²) in [5.41, 5.74) is 14.6. The molecule has 1 aromatic heterocycles. The van der Waals surface area contributed by atoms with E-state index in [1.165, 1.54) is 0 Å². The van der Waals surface area contributed by atoms with Gasteiger partial charge in [-0.15, -0.1) is 0 Å². The fourth-order valence-electron chi connectivity index (χ4n) is 3.41. The van der Waals surface area contributed by atoms with E-state index in [9.17, 15) is 5.26 Å². The van der Waals surface area contributed by atoms with Gasteiger partial charge in [-0.3, -0.25) is 5.32 Å². The largest absolute Gasteiger partial charge is 0.489 e. The molecule has 3 aromatic rings. The van der Waals surface area contributed by atoms with Crippen molar-refractivity contribution < 1.29 is 4.74 Å². The van der Waals surface area contributed by atoms with E-state index in [1.807, 2.05) is 54.7 Å². The highest BCUT2D eigenvalue weighted by molar-refractivity contribution is 9.10. The van der Waals surface area contributed by atoms with Crippen LogP contribution in [0.15, 0.2) is 56.4 Å². The SMILES string of the molecule is N#CNC1=NC(c2cc(Br)ccc2OCc2ccc(Br)cc2)c2c(nc(N)c(C#N)c2N)N1. The number of rotatable bonds is 4. The van der Waals surface area contributed by atoms with E-state index in [-0.39, 0.29) is 23.0 Å². The third-order valence-electron chi connectivity index (χ3n) is 4.93. The topological polar surface area (TPSA) is 158 Å². The van der Waals surface area contributed by atoms with Gasteiger partial charge in [-0.1, -0.05) is 44.0 Å². The number of aliphatic imine (C=N–C) groups is 1. The highest BCUT2D eigenvalue weighted by atomic mass is 79.9. The Hall–Kier alpha value is -3.80. The Labute approximate surface area is 206 Å². The fraction of sp³-hybridized carbons (Fsp3) is 0.0909. The van der Waals surface area contributed by atoms with Gasteiger partial charge in [-0.25, -0.2) is 9.98 Å². The van der Waals surface area contributed by atoms with Crippen molar-refractivity contribution in [2.75, 3.05) is 16.8 Å². The Bertz CT molecular complexity index is 1340. The molecule has 0 fully saturated rings. The molecule has 0 aliphatic carbocycles. The number of nitrogens with one attached hydrogen (secondary N) is 2. The van der Waals surface area contributed by atoms with Gasteiger partial charge in [0.1, 0.15) is 41.7 Å². The number of nitrogens with zero attached hydrogens (tertiary/aromatic N) is 4. The lowest BCUT2D eigenvalue weighted by Crippen LogP contribution is -2.33. The highest BCUT2D eigenvalue weighted by Crippen LogP contribution is 2.44. The number of hydrogen-bond acceptors (Lipinski definition) is 9. The van der Waals surface area contributed by atoms with Gasteiger partial charge in [-0.05, 0) is 35.9 Å². The van der Waals surface area contributed by atoms with E-state index in [4.69, 9.17) is 21.5 Å². The molecule has 0 bridgehead atoms. The van der Waals surface area contributed by atoms with Crippen molar-refractivity contribution in [2.24, 2.45) is 4.99 Å². The summed E-state index contributed by atoms with van der Waals surface area (Å²) in [6, 6.07) is 14.6. The number of anilines is 3. The Morgan fingerprint density at radius 1 is 1.09 bits per heavy atom. The number of ether oxygens (including phenoxy) is 1. The van der Waals surface area contributed by atoms with Gasteiger partial charge in [0.15, 0.2) is 6.19 Å². The summed E-state index contributed by atoms with van der Waals surface area (Å²) in [4.78, 5) is 8.90. The molecule has 2 aromatic carbocycles. The van der Waals surface area contributed by atoms with Crippen LogP contribution in [0, 0.1) is 22.8 Å². The molecule has 0 spiro atoms. The summed E-state index contributed by atoms with van der Waals surface area (Å²) in [5, 5.41) is 24.0. The average Bonchev–Trinajstić information content (AvgIpc) is 2.79. The van der Waals surface area contributed by atoms with E-state index in [0.717, 1.165) is 14.5 Å². The highest BCUT2D eigenvalue weighted by Gasteiger charge is 2.31. The average molecular weight is 568 g/mol. The first-order chi connectivity index (χ1) is 15.9. The molecule has 6 N–H and O–H groups in total. The van der Waals surface area contributed by atoms with Gasteiger partial charge in [0.25, 0.3) is 0 Å². The van der Waals surface area contributed by atoms with Crippen LogP contribution < -0.4 is 26.8 Å². The van der Waals surface area contributed by atoms with Crippen LogP contribution in [0.3, 0.4) is 0 Å². The number of nitrogen functional groups attached to an aromatic ring is 2. The number of nitrogens with two attached hydrogens (primary N) is 2. The smallest absolute Gasteiger partial charge is 0.211 e. The summed E-state index contributed by atoms with van der Waals surface area (Å²) < 4.78 is 7.91. The van der Waals surface area contributed by atoms with Gasteiger partial charge in [0.2, 0.25) is 5.96 Å². The van der Waals surface area contributed by atoms with Crippen LogP contribution in [0.1, 0.15) is 28.3 Å². The summed E-state index contributed by atoms with van der Waals surface area (Å²) in [6.07, 6.45) is 1.84. The van der Waals surface area contributed by atoms with Crippen molar-refractivity contribution in [2.45, 2.75) is 12.6 Å². The number of benzene rings is 2. The molecule has 9 nitrogen and oxygen atoms in total. The quantitative estimate of drug-likeness (QED) is 0.270. The first-order valence-electron chi connectivity index (χ1n) is 9.56.